The Morgan fingerprint density at radius 2 is 2.29 bits per heavy atom. The van der Waals surface area contributed by atoms with Crippen molar-refractivity contribution in [1.29, 1.82) is 0 Å². The molecule has 1 amide bonds. The SMILES string of the molecule is CCSC1(CNC(=O)CCc2cnn(C)c2)CCOCC1. The van der Waals surface area contributed by atoms with Gasteiger partial charge in [-0.3, -0.25) is 9.48 Å². The number of carbonyl (C=O) groups is 1. The van der Waals surface area contributed by atoms with Crippen LogP contribution in [0.3, 0.4) is 0 Å². The van der Waals surface area contributed by atoms with Crippen LogP contribution in [0.25, 0.3) is 0 Å². The minimum absolute atomic E-state index is 0.126. The lowest BCUT2D eigenvalue weighted by Crippen LogP contribution is -2.44. The second kappa shape index (κ2) is 7.84. The fraction of sp³-hybridized carbons (Fsp3) is 0.733. The molecule has 5 nitrogen and oxygen atoms in total. The number of amides is 1. The predicted octanol–water partition coefficient (Wildman–Crippen LogP) is 1.77. The zero-order chi connectivity index (χ0) is 15.1. The summed E-state index contributed by atoms with van der Waals surface area (Å²) in [6.45, 7) is 4.53. The standard InChI is InChI=1S/C15H25N3O2S/c1-3-21-15(6-8-20-9-7-15)12-16-14(19)5-4-13-10-17-18(2)11-13/h10-11H,3-9,12H2,1-2H3,(H,16,19). The van der Waals surface area contributed by atoms with Gasteiger partial charge in [-0.25, -0.2) is 0 Å². The van der Waals surface area contributed by atoms with Gasteiger partial charge in [0.2, 0.25) is 5.91 Å². The zero-order valence-electron chi connectivity index (χ0n) is 12.9. The maximum atomic E-state index is 12.0. The van der Waals surface area contributed by atoms with Gasteiger partial charge in [0, 0.05) is 44.2 Å². The largest absolute Gasteiger partial charge is 0.381 e. The molecule has 2 heterocycles. The Labute approximate surface area is 130 Å². The van der Waals surface area contributed by atoms with E-state index in [1.165, 1.54) is 0 Å². The summed E-state index contributed by atoms with van der Waals surface area (Å²) in [5, 5.41) is 7.23. The Kier molecular flexibility index (Phi) is 6.11. The number of aromatic nitrogens is 2. The third-order valence-corrected chi connectivity index (χ3v) is 5.32. The minimum atomic E-state index is 0.126. The first-order valence-electron chi connectivity index (χ1n) is 7.59. The Balaban J connectivity index is 1.76. The molecule has 0 spiro atoms. The first-order valence-corrected chi connectivity index (χ1v) is 8.58. The van der Waals surface area contributed by atoms with E-state index in [2.05, 4.69) is 17.3 Å². The molecule has 0 aromatic carbocycles. The number of carbonyl (C=O) groups excluding carboxylic acids is 1. The van der Waals surface area contributed by atoms with E-state index < -0.39 is 0 Å². The van der Waals surface area contributed by atoms with Crippen molar-refractivity contribution in [2.75, 3.05) is 25.5 Å². The molecule has 118 valence electrons. The third-order valence-electron chi connectivity index (χ3n) is 3.86. The molecule has 1 N–H and O–H groups in total. The number of aryl methyl sites for hydroxylation is 2. The maximum absolute atomic E-state index is 12.0. The molecule has 1 aromatic rings. The first-order chi connectivity index (χ1) is 10.1. The molecule has 1 aliphatic rings. The van der Waals surface area contributed by atoms with Crippen LogP contribution in [0.2, 0.25) is 0 Å². The Morgan fingerprint density at radius 3 is 2.90 bits per heavy atom. The molecule has 6 heteroatoms. The fourth-order valence-corrected chi connectivity index (χ4v) is 3.87. The van der Waals surface area contributed by atoms with Crippen LogP contribution >= 0.6 is 11.8 Å². The average Bonchev–Trinajstić information content (AvgIpc) is 2.90. The van der Waals surface area contributed by atoms with Gasteiger partial charge in [0.05, 0.1) is 6.20 Å². The summed E-state index contributed by atoms with van der Waals surface area (Å²) in [6.07, 6.45) is 7.09. The van der Waals surface area contributed by atoms with Crippen molar-refractivity contribution in [3.05, 3.63) is 18.0 Å². The van der Waals surface area contributed by atoms with Crippen LogP contribution in [0.5, 0.6) is 0 Å². The zero-order valence-corrected chi connectivity index (χ0v) is 13.7. The van der Waals surface area contributed by atoms with Gasteiger partial charge in [-0.1, -0.05) is 6.92 Å². The quantitative estimate of drug-likeness (QED) is 0.834. The Hall–Kier alpha value is -1.01. The van der Waals surface area contributed by atoms with Crippen LogP contribution < -0.4 is 5.32 Å². The molecular weight excluding hydrogens is 286 g/mol. The topological polar surface area (TPSA) is 56.2 Å². The summed E-state index contributed by atoms with van der Waals surface area (Å²) in [6, 6.07) is 0. The second-order valence-corrected chi connectivity index (χ2v) is 7.26. The van der Waals surface area contributed by atoms with E-state index in [9.17, 15) is 4.79 Å². The summed E-state index contributed by atoms with van der Waals surface area (Å²) in [5.41, 5.74) is 1.11. The average molecular weight is 311 g/mol. The molecule has 1 fully saturated rings. The third kappa shape index (κ3) is 5.04. The molecule has 0 aliphatic carbocycles. The van der Waals surface area contributed by atoms with Gasteiger partial charge >= 0.3 is 0 Å². The van der Waals surface area contributed by atoms with Gasteiger partial charge in [-0.05, 0) is 30.6 Å². The summed E-state index contributed by atoms with van der Waals surface area (Å²) < 4.78 is 7.38. The number of thioether (sulfide) groups is 1. The van der Waals surface area contributed by atoms with Crippen molar-refractivity contribution in [2.24, 2.45) is 7.05 Å². The van der Waals surface area contributed by atoms with Crippen LogP contribution in [-0.2, 0) is 23.0 Å². The lowest BCUT2D eigenvalue weighted by atomic mass is 9.99. The van der Waals surface area contributed by atoms with Gasteiger partial charge in [-0.2, -0.15) is 16.9 Å². The van der Waals surface area contributed by atoms with Gasteiger partial charge in [0.1, 0.15) is 0 Å². The van der Waals surface area contributed by atoms with Gasteiger partial charge in [0.15, 0.2) is 0 Å². The molecule has 0 unspecified atom stereocenters. The molecule has 0 saturated carbocycles. The number of nitrogens with one attached hydrogen (secondary N) is 1. The molecule has 21 heavy (non-hydrogen) atoms. The minimum Gasteiger partial charge on any atom is -0.381 e. The molecule has 0 atom stereocenters. The number of hydrogen-bond donors (Lipinski definition) is 1. The van der Waals surface area contributed by atoms with Crippen molar-refractivity contribution in [2.45, 2.75) is 37.4 Å². The van der Waals surface area contributed by atoms with Crippen molar-refractivity contribution >= 4 is 17.7 Å². The maximum Gasteiger partial charge on any atom is 0.220 e. The Morgan fingerprint density at radius 1 is 1.52 bits per heavy atom. The van der Waals surface area contributed by atoms with E-state index in [4.69, 9.17) is 4.74 Å². The molecular formula is C15H25N3O2S. The van der Waals surface area contributed by atoms with Crippen molar-refractivity contribution in [3.63, 3.8) is 0 Å². The van der Waals surface area contributed by atoms with Crippen LogP contribution in [-0.4, -0.2) is 45.9 Å². The predicted molar refractivity (Wildman–Crippen MR) is 85.5 cm³/mol. The monoisotopic (exact) mass is 311 g/mol. The Bertz CT molecular complexity index is 450. The number of ether oxygens (including phenoxy) is 1. The van der Waals surface area contributed by atoms with Gasteiger partial charge in [-0.15, -0.1) is 0 Å². The smallest absolute Gasteiger partial charge is 0.220 e. The van der Waals surface area contributed by atoms with Crippen LogP contribution in [0.15, 0.2) is 12.4 Å². The van der Waals surface area contributed by atoms with E-state index in [-0.39, 0.29) is 10.7 Å². The highest BCUT2D eigenvalue weighted by Gasteiger charge is 2.32. The molecule has 0 radical (unpaired) electrons. The molecule has 1 aliphatic heterocycles. The molecule has 0 bridgehead atoms. The number of rotatable bonds is 7. The summed E-state index contributed by atoms with van der Waals surface area (Å²) in [7, 11) is 1.89. The van der Waals surface area contributed by atoms with Crippen LogP contribution in [0.1, 0.15) is 31.7 Å². The highest BCUT2D eigenvalue weighted by atomic mass is 32.2. The summed E-state index contributed by atoms with van der Waals surface area (Å²) >= 11 is 1.95. The van der Waals surface area contributed by atoms with Crippen LogP contribution in [0, 0.1) is 0 Å². The molecule has 1 aromatic heterocycles. The second-order valence-electron chi connectivity index (χ2n) is 5.53. The summed E-state index contributed by atoms with van der Waals surface area (Å²) in [5.74, 6) is 1.20. The number of nitrogens with zero attached hydrogens (tertiary/aromatic N) is 2. The highest BCUT2D eigenvalue weighted by Crippen LogP contribution is 2.34. The lowest BCUT2D eigenvalue weighted by molar-refractivity contribution is -0.121. The van der Waals surface area contributed by atoms with E-state index in [0.717, 1.165) is 50.3 Å². The normalized spacial score (nSPS) is 17.6. The van der Waals surface area contributed by atoms with Crippen molar-refractivity contribution in [3.8, 4) is 0 Å². The molecule has 1 saturated heterocycles. The van der Waals surface area contributed by atoms with E-state index in [0.29, 0.717) is 6.42 Å². The van der Waals surface area contributed by atoms with Crippen molar-refractivity contribution in [1.82, 2.24) is 15.1 Å². The van der Waals surface area contributed by atoms with E-state index in [1.807, 2.05) is 31.2 Å². The van der Waals surface area contributed by atoms with E-state index >= 15 is 0 Å². The number of hydrogen-bond acceptors (Lipinski definition) is 4. The highest BCUT2D eigenvalue weighted by molar-refractivity contribution is 8.00. The fourth-order valence-electron chi connectivity index (χ4n) is 2.63. The van der Waals surface area contributed by atoms with Gasteiger partial charge in [0.25, 0.3) is 0 Å². The van der Waals surface area contributed by atoms with Gasteiger partial charge < -0.3 is 10.1 Å². The first kappa shape index (κ1) is 16.4. The summed E-state index contributed by atoms with van der Waals surface area (Å²) in [4.78, 5) is 12.0. The van der Waals surface area contributed by atoms with Crippen molar-refractivity contribution < 1.29 is 9.53 Å². The lowest BCUT2D eigenvalue weighted by Gasteiger charge is -2.36. The molecule has 2 rings (SSSR count). The van der Waals surface area contributed by atoms with Crippen LogP contribution in [0.4, 0.5) is 0 Å². The van der Waals surface area contributed by atoms with E-state index in [1.54, 1.807) is 4.68 Å².